The van der Waals surface area contributed by atoms with Gasteiger partial charge >= 0.3 is 5.69 Å². The molecule has 2 rings (SSSR count). The zero-order valence-electron chi connectivity index (χ0n) is 9.96. The lowest BCUT2D eigenvalue weighted by Crippen LogP contribution is -2.25. The molecule has 0 aliphatic carbocycles. The van der Waals surface area contributed by atoms with Crippen molar-refractivity contribution in [3.05, 3.63) is 58.8 Å². The van der Waals surface area contributed by atoms with Crippen molar-refractivity contribution in [3.8, 4) is 5.69 Å². The Morgan fingerprint density at radius 2 is 2.05 bits per heavy atom. The van der Waals surface area contributed by atoms with Gasteiger partial charge in [0, 0.05) is 6.54 Å². The van der Waals surface area contributed by atoms with Crippen molar-refractivity contribution in [1.29, 1.82) is 0 Å². The van der Waals surface area contributed by atoms with Gasteiger partial charge in [-0.2, -0.15) is 5.10 Å². The first kappa shape index (κ1) is 13.2. The maximum atomic E-state index is 12.8. The Bertz CT molecular complexity index is 642. The molecule has 1 aromatic heterocycles. The quantitative estimate of drug-likeness (QED) is 0.897. The molecule has 0 amide bonds. The van der Waals surface area contributed by atoms with Crippen LogP contribution in [0.25, 0.3) is 5.69 Å². The van der Waals surface area contributed by atoms with E-state index in [0.29, 0.717) is 12.0 Å². The molecule has 0 spiro atoms. The maximum absolute atomic E-state index is 12.8. The van der Waals surface area contributed by atoms with E-state index in [1.165, 1.54) is 35.2 Å². The molecule has 0 bridgehead atoms. The monoisotopic (exact) mass is 266 g/mol. The first-order chi connectivity index (χ1) is 9.15. The molecule has 0 fully saturated rings. The molecular weight excluding hydrogens is 254 g/mol. The third kappa shape index (κ3) is 2.76. The average molecular weight is 266 g/mol. The van der Waals surface area contributed by atoms with Crippen LogP contribution in [0.2, 0.25) is 0 Å². The van der Waals surface area contributed by atoms with Gasteiger partial charge < -0.3 is 5.73 Å². The van der Waals surface area contributed by atoms with Crippen LogP contribution >= 0.6 is 0 Å². The van der Waals surface area contributed by atoms with E-state index in [1.54, 1.807) is 0 Å². The Morgan fingerprint density at radius 1 is 1.37 bits per heavy atom. The molecule has 1 heterocycles. The highest BCUT2D eigenvalue weighted by Gasteiger charge is 2.08. The highest BCUT2D eigenvalue weighted by molar-refractivity contribution is 5.31. The van der Waals surface area contributed by atoms with E-state index in [1.807, 2.05) is 0 Å². The van der Waals surface area contributed by atoms with Crippen LogP contribution in [-0.2, 0) is 6.54 Å². The van der Waals surface area contributed by atoms with E-state index in [4.69, 9.17) is 5.73 Å². The van der Waals surface area contributed by atoms with Crippen LogP contribution in [0.15, 0.2) is 47.3 Å². The average Bonchev–Trinajstić information content (AvgIpc) is 2.78. The molecule has 7 heteroatoms. The highest BCUT2D eigenvalue weighted by atomic mass is 19.1. The van der Waals surface area contributed by atoms with Crippen molar-refractivity contribution in [2.45, 2.75) is 6.54 Å². The Morgan fingerprint density at radius 3 is 2.63 bits per heavy atom. The molecule has 0 saturated heterocycles. The molecule has 0 saturated carbocycles. The fourth-order valence-electron chi connectivity index (χ4n) is 1.56. The predicted octanol–water partition coefficient (Wildman–Crippen LogP) is 0.985. The molecular formula is C12H12F2N4O. The smallest absolute Gasteiger partial charge is 0.327 e. The van der Waals surface area contributed by atoms with Gasteiger partial charge in [0.15, 0.2) is 0 Å². The zero-order chi connectivity index (χ0) is 13.8. The Labute approximate surface area is 107 Å². The van der Waals surface area contributed by atoms with E-state index in [-0.39, 0.29) is 18.7 Å². The molecule has 0 aliphatic heterocycles. The van der Waals surface area contributed by atoms with E-state index >= 15 is 0 Å². The molecule has 0 unspecified atom stereocenters. The molecule has 0 atom stereocenters. The first-order valence-electron chi connectivity index (χ1n) is 5.54. The van der Waals surface area contributed by atoms with E-state index < -0.39 is 11.5 Å². The van der Waals surface area contributed by atoms with Crippen LogP contribution in [0.4, 0.5) is 8.78 Å². The fourth-order valence-corrected chi connectivity index (χ4v) is 1.56. The summed E-state index contributed by atoms with van der Waals surface area (Å²) in [6.07, 6.45) is 1.66. The second-order valence-corrected chi connectivity index (χ2v) is 3.89. The largest absolute Gasteiger partial charge is 0.350 e. The van der Waals surface area contributed by atoms with Crippen molar-refractivity contribution >= 4 is 0 Å². The van der Waals surface area contributed by atoms with E-state index in [2.05, 4.69) is 5.10 Å². The topological polar surface area (TPSA) is 65.8 Å². The number of halogens is 2. The van der Waals surface area contributed by atoms with Crippen LogP contribution in [0.3, 0.4) is 0 Å². The van der Waals surface area contributed by atoms with E-state index in [9.17, 15) is 13.6 Å². The third-order valence-corrected chi connectivity index (χ3v) is 2.61. The molecule has 100 valence electrons. The van der Waals surface area contributed by atoms with Crippen LogP contribution in [-0.4, -0.2) is 20.9 Å². The van der Waals surface area contributed by atoms with Crippen LogP contribution in [0.1, 0.15) is 0 Å². The summed E-state index contributed by atoms with van der Waals surface area (Å²) in [6, 6.07) is 5.40. The van der Waals surface area contributed by atoms with Gasteiger partial charge in [-0.3, -0.25) is 0 Å². The second kappa shape index (κ2) is 5.57. The Balaban J connectivity index is 2.33. The fraction of sp³-hybridized carbons (Fsp3) is 0.167. The molecule has 0 aliphatic rings. The summed E-state index contributed by atoms with van der Waals surface area (Å²) in [6.45, 7) is -0.00756. The summed E-state index contributed by atoms with van der Waals surface area (Å²) < 4.78 is 27.5. The highest BCUT2D eigenvalue weighted by Crippen LogP contribution is 2.06. The van der Waals surface area contributed by atoms with Crippen molar-refractivity contribution in [2.24, 2.45) is 5.73 Å². The van der Waals surface area contributed by atoms with Gasteiger partial charge in [0.1, 0.15) is 12.1 Å². The van der Waals surface area contributed by atoms with Crippen molar-refractivity contribution < 1.29 is 8.78 Å². The van der Waals surface area contributed by atoms with Gasteiger partial charge in [-0.1, -0.05) is 0 Å². The number of rotatable bonds is 4. The minimum Gasteiger partial charge on any atom is -0.327 e. The third-order valence-electron chi connectivity index (χ3n) is 2.61. The number of hydrogen-bond donors (Lipinski definition) is 1. The molecule has 19 heavy (non-hydrogen) atoms. The molecule has 1 aromatic carbocycles. The Hall–Kier alpha value is -2.28. The first-order valence-corrected chi connectivity index (χ1v) is 5.54. The zero-order valence-corrected chi connectivity index (χ0v) is 9.96. The summed E-state index contributed by atoms with van der Waals surface area (Å²) in [4.78, 5) is 12.0. The van der Waals surface area contributed by atoms with Gasteiger partial charge in [-0.15, -0.1) is 0 Å². The summed E-state index contributed by atoms with van der Waals surface area (Å²) in [7, 11) is 0. The summed E-state index contributed by atoms with van der Waals surface area (Å²) in [5, 5.41) is 3.86. The second-order valence-electron chi connectivity index (χ2n) is 3.89. The molecule has 0 radical (unpaired) electrons. The van der Waals surface area contributed by atoms with Crippen LogP contribution in [0, 0.1) is 5.82 Å². The number of nitrogens with zero attached hydrogens (tertiary/aromatic N) is 3. The van der Waals surface area contributed by atoms with Gasteiger partial charge in [0.05, 0.1) is 18.6 Å². The van der Waals surface area contributed by atoms with Gasteiger partial charge in [0.25, 0.3) is 0 Å². The van der Waals surface area contributed by atoms with Crippen LogP contribution in [0.5, 0.6) is 0 Å². The minimum absolute atomic E-state index is 0.00630. The normalized spacial score (nSPS) is 11.8. The summed E-state index contributed by atoms with van der Waals surface area (Å²) in [5.41, 5.74) is 5.61. The van der Waals surface area contributed by atoms with Gasteiger partial charge in [-0.25, -0.2) is 22.8 Å². The lowest BCUT2D eigenvalue weighted by Gasteiger charge is -2.02. The molecule has 2 aromatic rings. The van der Waals surface area contributed by atoms with E-state index in [0.717, 1.165) is 4.68 Å². The lowest BCUT2D eigenvalue weighted by molar-refractivity contribution is 0.612. The maximum Gasteiger partial charge on any atom is 0.350 e. The summed E-state index contributed by atoms with van der Waals surface area (Å²) in [5.74, 6) is -0.394. The number of hydrogen-bond acceptors (Lipinski definition) is 3. The number of benzene rings is 1. The Kier molecular flexibility index (Phi) is 3.86. The standard InChI is InChI=1S/C12H12F2N4O/c13-5-9(6-15)7-18-12(19)17(8-16-18)11-3-1-10(14)2-4-11/h1-5,8H,6-7,15H2/b9-5+. The predicted molar refractivity (Wildman–Crippen MR) is 66.0 cm³/mol. The molecule has 5 nitrogen and oxygen atoms in total. The van der Waals surface area contributed by atoms with Gasteiger partial charge in [-0.05, 0) is 29.8 Å². The summed E-state index contributed by atoms with van der Waals surface area (Å²) >= 11 is 0. The number of aromatic nitrogens is 3. The van der Waals surface area contributed by atoms with Crippen molar-refractivity contribution in [1.82, 2.24) is 14.3 Å². The lowest BCUT2D eigenvalue weighted by atomic mass is 10.3. The molecule has 2 N–H and O–H groups in total. The SMILES string of the molecule is NC/C(=C\F)Cn1ncn(-c2ccc(F)cc2)c1=O. The van der Waals surface area contributed by atoms with Gasteiger partial charge in [0.2, 0.25) is 0 Å². The number of nitrogens with two attached hydrogens (primary N) is 1. The van der Waals surface area contributed by atoms with Crippen molar-refractivity contribution in [2.75, 3.05) is 6.54 Å². The minimum atomic E-state index is -0.445. The van der Waals surface area contributed by atoms with Crippen LogP contribution < -0.4 is 11.4 Å². The van der Waals surface area contributed by atoms with Crippen molar-refractivity contribution in [3.63, 3.8) is 0 Å².